The third kappa shape index (κ3) is 4.09. The van der Waals surface area contributed by atoms with E-state index in [1.807, 2.05) is 48.5 Å². The number of hydrogen-bond acceptors (Lipinski definition) is 4. The van der Waals surface area contributed by atoms with E-state index in [0.717, 1.165) is 22.9 Å². The van der Waals surface area contributed by atoms with Crippen LogP contribution in [0.1, 0.15) is 0 Å². The summed E-state index contributed by atoms with van der Waals surface area (Å²) in [5, 5.41) is 3.28. The first-order valence-corrected chi connectivity index (χ1v) is 6.46. The van der Waals surface area contributed by atoms with E-state index in [9.17, 15) is 0 Å². The highest BCUT2D eigenvalue weighted by Gasteiger charge is 2.01. The molecule has 0 saturated carbocycles. The normalized spacial score (nSPS) is 9.90. The second kappa shape index (κ2) is 7.28. The molecule has 0 amide bonds. The Hall–Kier alpha value is -2.36. The van der Waals surface area contributed by atoms with E-state index < -0.39 is 0 Å². The van der Waals surface area contributed by atoms with Gasteiger partial charge in [0.25, 0.3) is 0 Å². The maximum absolute atomic E-state index is 5.62. The number of anilines is 1. The molecule has 2 rings (SSSR count). The quantitative estimate of drug-likeness (QED) is 0.786. The zero-order valence-electron chi connectivity index (χ0n) is 11.8. The fraction of sp³-hybridized carbons (Fsp3) is 0.250. The molecule has 1 N–H and O–H groups in total. The van der Waals surface area contributed by atoms with Gasteiger partial charge in [-0.15, -0.1) is 0 Å². The first-order valence-electron chi connectivity index (χ1n) is 6.46. The van der Waals surface area contributed by atoms with E-state index in [0.29, 0.717) is 13.2 Å². The van der Waals surface area contributed by atoms with Crippen molar-refractivity contribution < 1.29 is 14.2 Å². The van der Waals surface area contributed by atoms with E-state index in [4.69, 9.17) is 14.2 Å². The average molecular weight is 273 g/mol. The summed E-state index contributed by atoms with van der Waals surface area (Å²) in [5.74, 6) is 2.39. The molecule has 4 heteroatoms. The maximum Gasteiger partial charge on any atom is 0.124 e. The topological polar surface area (TPSA) is 39.7 Å². The molecule has 0 aliphatic heterocycles. The summed E-state index contributed by atoms with van der Waals surface area (Å²) >= 11 is 0. The van der Waals surface area contributed by atoms with Gasteiger partial charge in [-0.1, -0.05) is 18.2 Å². The van der Waals surface area contributed by atoms with Gasteiger partial charge in [0, 0.05) is 30.4 Å². The molecule has 0 radical (unpaired) electrons. The van der Waals surface area contributed by atoms with Gasteiger partial charge in [-0.05, 0) is 12.1 Å². The highest BCUT2D eigenvalue weighted by molar-refractivity contribution is 5.53. The molecule has 0 saturated heterocycles. The second-order valence-electron chi connectivity index (χ2n) is 4.19. The molecule has 0 spiro atoms. The molecular formula is C16H19NO3. The Bertz CT molecular complexity index is 506. The van der Waals surface area contributed by atoms with Gasteiger partial charge in [-0.25, -0.2) is 0 Å². The maximum atomic E-state index is 5.62. The van der Waals surface area contributed by atoms with Crippen LogP contribution >= 0.6 is 0 Å². The molecule has 0 aliphatic rings. The van der Waals surface area contributed by atoms with Crippen molar-refractivity contribution in [2.24, 2.45) is 0 Å². The number of nitrogens with one attached hydrogen (secondary N) is 1. The van der Waals surface area contributed by atoms with Gasteiger partial charge in [-0.3, -0.25) is 0 Å². The van der Waals surface area contributed by atoms with Gasteiger partial charge in [0.2, 0.25) is 0 Å². The molecule has 0 fully saturated rings. The Kier molecular flexibility index (Phi) is 5.12. The molecule has 0 bridgehead atoms. The molecular weight excluding hydrogens is 254 g/mol. The van der Waals surface area contributed by atoms with Gasteiger partial charge in [0.05, 0.1) is 14.2 Å². The summed E-state index contributed by atoms with van der Waals surface area (Å²) in [7, 11) is 3.27. The van der Waals surface area contributed by atoms with Crippen molar-refractivity contribution in [3.05, 3.63) is 48.5 Å². The van der Waals surface area contributed by atoms with Gasteiger partial charge in [-0.2, -0.15) is 0 Å². The minimum Gasteiger partial charge on any atom is -0.497 e. The lowest BCUT2D eigenvalue weighted by Crippen LogP contribution is -2.11. The van der Waals surface area contributed by atoms with Crippen molar-refractivity contribution in [3.8, 4) is 17.2 Å². The number of ether oxygens (including phenoxy) is 3. The van der Waals surface area contributed by atoms with Crippen LogP contribution in [0, 0.1) is 0 Å². The van der Waals surface area contributed by atoms with Crippen molar-refractivity contribution >= 4 is 5.69 Å². The van der Waals surface area contributed by atoms with Crippen molar-refractivity contribution in [2.45, 2.75) is 0 Å². The molecule has 0 aliphatic carbocycles. The SMILES string of the molecule is COc1cc(NCCOc2ccccc2)cc(OC)c1. The molecule has 106 valence electrons. The van der Waals surface area contributed by atoms with Crippen LogP contribution in [0.2, 0.25) is 0 Å². The minimum atomic E-state index is 0.587. The predicted molar refractivity (Wildman–Crippen MR) is 80.0 cm³/mol. The summed E-state index contributed by atoms with van der Waals surface area (Å²) in [5.41, 5.74) is 0.942. The van der Waals surface area contributed by atoms with Gasteiger partial charge < -0.3 is 19.5 Å². The fourth-order valence-corrected chi connectivity index (χ4v) is 1.79. The lowest BCUT2D eigenvalue weighted by atomic mass is 10.2. The zero-order chi connectivity index (χ0) is 14.2. The highest BCUT2D eigenvalue weighted by atomic mass is 16.5. The summed E-state index contributed by atoms with van der Waals surface area (Å²) in [6, 6.07) is 15.4. The number of methoxy groups -OCH3 is 2. The molecule has 20 heavy (non-hydrogen) atoms. The summed E-state index contributed by atoms with van der Waals surface area (Å²) in [6.45, 7) is 1.29. The smallest absolute Gasteiger partial charge is 0.124 e. The molecule has 0 unspecified atom stereocenters. The standard InChI is InChI=1S/C16H19NO3/c1-18-15-10-13(11-16(12-15)19-2)17-8-9-20-14-6-4-3-5-7-14/h3-7,10-12,17H,8-9H2,1-2H3. The first-order chi connectivity index (χ1) is 9.81. The number of rotatable bonds is 7. The highest BCUT2D eigenvalue weighted by Crippen LogP contribution is 2.25. The Morgan fingerprint density at radius 2 is 1.50 bits per heavy atom. The Morgan fingerprint density at radius 3 is 2.10 bits per heavy atom. The Balaban J connectivity index is 1.84. The van der Waals surface area contributed by atoms with Crippen LogP contribution in [-0.4, -0.2) is 27.4 Å². The van der Waals surface area contributed by atoms with Crippen LogP contribution in [0.5, 0.6) is 17.2 Å². The minimum absolute atomic E-state index is 0.587. The third-order valence-electron chi connectivity index (χ3n) is 2.79. The van der Waals surface area contributed by atoms with Crippen LogP contribution in [0.3, 0.4) is 0 Å². The van der Waals surface area contributed by atoms with E-state index in [1.165, 1.54) is 0 Å². The fourth-order valence-electron chi connectivity index (χ4n) is 1.79. The Labute approximate surface area is 119 Å². The first kappa shape index (κ1) is 14.1. The van der Waals surface area contributed by atoms with Crippen LogP contribution in [0.4, 0.5) is 5.69 Å². The van der Waals surface area contributed by atoms with Crippen LogP contribution in [-0.2, 0) is 0 Å². The number of para-hydroxylation sites is 1. The summed E-state index contributed by atoms with van der Waals surface area (Å²) in [6.07, 6.45) is 0. The van der Waals surface area contributed by atoms with E-state index in [-0.39, 0.29) is 0 Å². The van der Waals surface area contributed by atoms with Crippen molar-refractivity contribution in [1.29, 1.82) is 0 Å². The lowest BCUT2D eigenvalue weighted by Gasteiger charge is -2.11. The monoisotopic (exact) mass is 273 g/mol. The summed E-state index contributed by atoms with van der Waals surface area (Å²) < 4.78 is 16.1. The van der Waals surface area contributed by atoms with E-state index in [1.54, 1.807) is 14.2 Å². The largest absolute Gasteiger partial charge is 0.497 e. The van der Waals surface area contributed by atoms with E-state index in [2.05, 4.69) is 5.32 Å². The van der Waals surface area contributed by atoms with Crippen molar-refractivity contribution in [1.82, 2.24) is 0 Å². The van der Waals surface area contributed by atoms with E-state index >= 15 is 0 Å². The van der Waals surface area contributed by atoms with Gasteiger partial charge >= 0.3 is 0 Å². The predicted octanol–water partition coefficient (Wildman–Crippen LogP) is 3.19. The number of benzene rings is 2. The molecule has 2 aromatic carbocycles. The van der Waals surface area contributed by atoms with Crippen LogP contribution in [0.15, 0.2) is 48.5 Å². The molecule has 4 nitrogen and oxygen atoms in total. The molecule has 0 atom stereocenters. The zero-order valence-corrected chi connectivity index (χ0v) is 11.8. The molecule has 0 aromatic heterocycles. The van der Waals surface area contributed by atoms with Crippen LogP contribution < -0.4 is 19.5 Å². The van der Waals surface area contributed by atoms with Gasteiger partial charge in [0.1, 0.15) is 23.9 Å². The van der Waals surface area contributed by atoms with Gasteiger partial charge in [0.15, 0.2) is 0 Å². The van der Waals surface area contributed by atoms with Crippen LogP contribution in [0.25, 0.3) is 0 Å². The molecule has 0 heterocycles. The second-order valence-corrected chi connectivity index (χ2v) is 4.19. The Morgan fingerprint density at radius 1 is 0.850 bits per heavy atom. The van der Waals surface area contributed by atoms with Crippen molar-refractivity contribution in [2.75, 3.05) is 32.7 Å². The number of hydrogen-bond donors (Lipinski definition) is 1. The third-order valence-corrected chi connectivity index (χ3v) is 2.79. The summed E-state index contributed by atoms with van der Waals surface area (Å²) in [4.78, 5) is 0. The lowest BCUT2D eigenvalue weighted by molar-refractivity contribution is 0.333. The average Bonchev–Trinajstić information content (AvgIpc) is 2.52. The molecule has 2 aromatic rings. The van der Waals surface area contributed by atoms with Crippen molar-refractivity contribution in [3.63, 3.8) is 0 Å².